The lowest BCUT2D eigenvalue weighted by Gasteiger charge is -2.08. The average Bonchev–Trinajstić information content (AvgIpc) is 2.30. The molecule has 3 nitrogen and oxygen atoms in total. The molecule has 11 heavy (non-hydrogen) atoms. The molecule has 0 bridgehead atoms. The Labute approximate surface area is 64.3 Å². The van der Waals surface area contributed by atoms with Gasteiger partial charge in [-0.05, 0) is 11.6 Å². The van der Waals surface area contributed by atoms with Crippen LogP contribution in [0.4, 0.5) is 5.69 Å². The van der Waals surface area contributed by atoms with Gasteiger partial charge >= 0.3 is 0 Å². The van der Waals surface area contributed by atoms with Crippen LogP contribution < -0.4 is 5.06 Å². The van der Waals surface area contributed by atoms with Crippen molar-refractivity contribution in [3.63, 3.8) is 0 Å². The van der Waals surface area contributed by atoms with Gasteiger partial charge in [-0.25, -0.2) is 5.06 Å². The van der Waals surface area contributed by atoms with Crippen LogP contribution in [0.2, 0.25) is 0 Å². The summed E-state index contributed by atoms with van der Waals surface area (Å²) in [5.74, 6) is 0.242. The van der Waals surface area contributed by atoms with Crippen LogP contribution in [0.25, 0.3) is 0 Å². The van der Waals surface area contributed by atoms with E-state index >= 15 is 0 Å². The van der Waals surface area contributed by atoms with Crippen LogP contribution >= 0.6 is 0 Å². The number of nitrogens with zero attached hydrogens (tertiary/aromatic N) is 1. The lowest BCUT2D eigenvalue weighted by Crippen LogP contribution is -2.20. The average molecular weight is 148 g/mol. The second-order valence-electron chi connectivity index (χ2n) is 2.56. The summed E-state index contributed by atoms with van der Waals surface area (Å²) in [5, 5.41) is 17.5. The van der Waals surface area contributed by atoms with Gasteiger partial charge in [0.15, 0.2) is 0 Å². The van der Waals surface area contributed by atoms with Gasteiger partial charge in [0.05, 0.1) is 5.69 Å². The number of fused-ring (bicyclic) bond motifs is 1. The molecule has 2 N–H and O–H groups in total. The van der Waals surface area contributed by atoms with Crippen LogP contribution in [0.5, 0.6) is 0 Å². The minimum absolute atomic E-state index is 0.242. The molecule has 1 aliphatic rings. The zero-order valence-electron chi connectivity index (χ0n) is 5.91. The quantitative estimate of drug-likeness (QED) is 0.584. The highest BCUT2D eigenvalue weighted by molar-refractivity contribution is 6.01. The lowest BCUT2D eigenvalue weighted by atomic mass is 10.2. The van der Waals surface area contributed by atoms with Gasteiger partial charge in [0.2, 0.25) is 0 Å². The molecule has 0 radical (unpaired) electrons. The highest BCUT2D eigenvalue weighted by Gasteiger charge is 2.21. The van der Waals surface area contributed by atoms with E-state index in [9.17, 15) is 5.21 Å². The van der Waals surface area contributed by atoms with Crippen molar-refractivity contribution in [2.24, 2.45) is 0 Å². The Kier molecular flexibility index (Phi) is 1.20. The summed E-state index contributed by atoms with van der Waals surface area (Å²) < 4.78 is 0. The van der Waals surface area contributed by atoms with Gasteiger partial charge in [0.25, 0.3) is 0 Å². The molecule has 1 heterocycles. The number of hydrogen-bond donors (Lipinski definition) is 2. The lowest BCUT2D eigenvalue weighted by molar-refractivity contribution is 0.313. The Balaban J connectivity index is 2.55. The summed E-state index contributed by atoms with van der Waals surface area (Å²) in [7, 11) is 0. The van der Waals surface area contributed by atoms with Crippen LogP contribution in [0.15, 0.2) is 24.3 Å². The van der Waals surface area contributed by atoms with E-state index < -0.39 is 0 Å². The van der Waals surface area contributed by atoms with Crippen molar-refractivity contribution < 1.29 is 5.21 Å². The third-order valence-corrected chi connectivity index (χ3v) is 1.83. The Hall–Kier alpha value is -1.35. The molecule has 0 aromatic heterocycles. The van der Waals surface area contributed by atoms with Crippen LogP contribution in [-0.4, -0.2) is 11.0 Å². The summed E-state index contributed by atoms with van der Waals surface area (Å²) in [6.07, 6.45) is 0.534. The van der Waals surface area contributed by atoms with E-state index in [0.29, 0.717) is 6.42 Å². The number of benzene rings is 1. The van der Waals surface area contributed by atoms with Crippen molar-refractivity contribution in [3.05, 3.63) is 29.8 Å². The zero-order valence-corrected chi connectivity index (χ0v) is 5.91. The second kappa shape index (κ2) is 2.07. The van der Waals surface area contributed by atoms with E-state index in [1.807, 2.05) is 18.2 Å². The molecule has 3 heteroatoms. The van der Waals surface area contributed by atoms with Crippen molar-refractivity contribution in [3.8, 4) is 0 Å². The van der Waals surface area contributed by atoms with E-state index in [1.54, 1.807) is 6.07 Å². The molecular formula is C8H8N2O. The third kappa shape index (κ3) is 0.816. The monoisotopic (exact) mass is 148 g/mol. The number of nitrogens with one attached hydrogen (secondary N) is 1. The number of hydrogen-bond acceptors (Lipinski definition) is 2. The highest BCUT2D eigenvalue weighted by Crippen LogP contribution is 2.26. The van der Waals surface area contributed by atoms with Crippen molar-refractivity contribution >= 4 is 11.5 Å². The van der Waals surface area contributed by atoms with Crippen LogP contribution in [-0.2, 0) is 6.42 Å². The standard InChI is InChI=1S/C8H8N2O/c9-8-5-6-3-1-2-4-7(6)10(8)11/h1-4,9,11H,5H2. The molecule has 0 unspecified atom stereocenters. The molecule has 2 rings (SSSR count). The summed E-state index contributed by atoms with van der Waals surface area (Å²) in [6, 6.07) is 7.48. The summed E-state index contributed by atoms with van der Waals surface area (Å²) in [4.78, 5) is 0. The van der Waals surface area contributed by atoms with E-state index in [1.165, 1.54) is 0 Å². The fourth-order valence-electron chi connectivity index (χ4n) is 1.27. The van der Waals surface area contributed by atoms with Gasteiger partial charge in [-0.2, -0.15) is 0 Å². The predicted molar refractivity (Wildman–Crippen MR) is 42.1 cm³/mol. The van der Waals surface area contributed by atoms with Crippen LogP contribution in [0, 0.1) is 5.41 Å². The van der Waals surface area contributed by atoms with Gasteiger partial charge < -0.3 is 0 Å². The SMILES string of the molecule is N=C1Cc2ccccc2N1O. The first-order valence-corrected chi connectivity index (χ1v) is 3.43. The Bertz CT molecular complexity index is 309. The fraction of sp³-hybridized carbons (Fsp3) is 0.125. The smallest absolute Gasteiger partial charge is 0.131 e. The molecule has 1 aliphatic heterocycles. The molecule has 0 amide bonds. The summed E-state index contributed by atoms with van der Waals surface area (Å²) in [5.41, 5.74) is 1.75. The summed E-state index contributed by atoms with van der Waals surface area (Å²) >= 11 is 0. The normalized spacial score (nSPS) is 15.4. The molecule has 0 atom stereocenters. The van der Waals surface area contributed by atoms with Gasteiger partial charge in [-0.1, -0.05) is 18.2 Å². The maximum atomic E-state index is 9.26. The number of amidine groups is 1. The van der Waals surface area contributed by atoms with Crippen molar-refractivity contribution in [1.82, 2.24) is 0 Å². The van der Waals surface area contributed by atoms with E-state index in [4.69, 9.17) is 5.41 Å². The van der Waals surface area contributed by atoms with Gasteiger partial charge in [0.1, 0.15) is 5.84 Å². The maximum absolute atomic E-state index is 9.26. The Morgan fingerprint density at radius 3 is 2.82 bits per heavy atom. The first-order chi connectivity index (χ1) is 5.29. The highest BCUT2D eigenvalue weighted by atomic mass is 16.5. The first kappa shape index (κ1) is 6.37. The molecule has 0 saturated carbocycles. The number of rotatable bonds is 0. The molecule has 1 aromatic rings. The first-order valence-electron chi connectivity index (χ1n) is 3.43. The maximum Gasteiger partial charge on any atom is 0.131 e. The molecule has 1 aromatic carbocycles. The second-order valence-corrected chi connectivity index (χ2v) is 2.56. The molecule has 0 aliphatic carbocycles. The van der Waals surface area contributed by atoms with Crippen LogP contribution in [0.3, 0.4) is 0 Å². The minimum atomic E-state index is 0.242. The molecule has 0 saturated heterocycles. The number of hydroxylamine groups is 1. The van der Waals surface area contributed by atoms with Gasteiger partial charge in [0, 0.05) is 6.42 Å². The predicted octanol–water partition coefficient (Wildman–Crippen LogP) is 1.42. The van der Waals surface area contributed by atoms with E-state index in [2.05, 4.69) is 0 Å². The largest absolute Gasteiger partial charge is 0.286 e. The van der Waals surface area contributed by atoms with Gasteiger partial charge in [-0.15, -0.1) is 0 Å². The Morgan fingerprint density at radius 1 is 1.36 bits per heavy atom. The van der Waals surface area contributed by atoms with Gasteiger partial charge in [-0.3, -0.25) is 10.6 Å². The third-order valence-electron chi connectivity index (χ3n) is 1.83. The van der Waals surface area contributed by atoms with Crippen molar-refractivity contribution in [2.75, 3.05) is 5.06 Å². The van der Waals surface area contributed by atoms with E-state index in [-0.39, 0.29) is 5.84 Å². The molecular weight excluding hydrogens is 140 g/mol. The van der Waals surface area contributed by atoms with Crippen LogP contribution in [0.1, 0.15) is 5.56 Å². The molecule has 56 valence electrons. The molecule has 0 fully saturated rings. The van der Waals surface area contributed by atoms with E-state index in [0.717, 1.165) is 16.3 Å². The Morgan fingerprint density at radius 2 is 2.09 bits per heavy atom. The zero-order chi connectivity index (χ0) is 7.84. The van der Waals surface area contributed by atoms with Crippen molar-refractivity contribution in [1.29, 1.82) is 5.41 Å². The summed E-state index contributed by atoms with van der Waals surface area (Å²) in [6.45, 7) is 0. The number of anilines is 1. The van der Waals surface area contributed by atoms with Crippen molar-refractivity contribution in [2.45, 2.75) is 6.42 Å². The fourth-order valence-corrected chi connectivity index (χ4v) is 1.27. The molecule has 0 spiro atoms. The number of para-hydroxylation sites is 1. The minimum Gasteiger partial charge on any atom is -0.286 e. The topological polar surface area (TPSA) is 47.3 Å².